The molecular formula is C20H18N2O3Rf. The van der Waals surface area contributed by atoms with Crippen molar-refractivity contribution in [2.45, 2.75) is 26.0 Å². The van der Waals surface area contributed by atoms with Crippen molar-refractivity contribution in [1.82, 2.24) is 9.55 Å². The summed E-state index contributed by atoms with van der Waals surface area (Å²) >= 11 is 0. The molecule has 4 aliphatic heterocycles. The number of carboxylic acids is 1. The third-order valence-electron chi connectivity index (χ3n) is 5.72. The minimum atomic E-state index is -0.886. The number of aromatic nitrogens is 2. The van der Waals surface area contributed by atoms with Gasteiger partial charge in [0.1, 0.15) is 6.10 Å². The minimum Gasteiger partial charge on any atom is -0.497 e. The Morgan fingerprint density at radius 3 is 2.92 bits per heavy atom. The Morgan fingerprint density at radius 1 is 1.31 bits per heavy atom. The molecule has 0 saturated carbocycles. The molecule has 0 amide bonds. The van der Waals surface area contributed by atoms with Gasteiger partial charge in [0.05, 0.1) is 23.0 Å². The number of para-hydroxylation sites is 1. The van der Waals surface area contributed by atoms with E-state index in [1.807, 2.05) is 25.1 Å². The van der Waals surface area contributed by atoms with Crippen LogP contribution in [0.25, 0.3) is 22.2 Å². The fourth-order valence-electron chi connectivity index (χ4n) is 4.38. The topological polar surface area (TPSA) is 64.3 Å². The van der Waals surface area contributed by atoms with Gasteiger partial charge in [0.2, 0.25) is 0 Å². The number of hydrogen-bond donors (Lipinski definition) is 1. The normalized spacial score (nSPS) is 24.2. The minimum absolute atomic E-state index is 0. The van der Waals surface area contributed by atoms with Gasteiger partial charge in [-0.25, -0.2) is 9.78 Å². The molecule has 0 saturated heterocycles. The van der Waals surface area contributed by atoms with Gasteiger partial charge >= 0.3 is 5.97 Å². The fourth-order valence-corrected chi connectivity index (χ4v) is 4.38. The summed E-state index contributed by atoms with van der Waals surface area (Å²) in [6.45, 7) is 2.77. The Hall–Kier alpha value is -3.82. The van der Waals surface area contributed by atoms with Gasteiger partial charge in [0.25, 0.3) is 0 Å². The quantitative estimate of drug-likeness (QED) is 0.465. The molecule has 3 atom stereocenters. The zero-order chi connectivity index (χ0) is 17.1. The van der Waals surface area contributed by atoms with Crippen molar-refractivity contribution in [3.63, 3.8) is 0 Å². The van der Waals surface area contributed by atoms with Gasteiger partial charge in [-0.2, -0.15) is 0 Å². The second kappa shape index (κ2) is 5.34. The van der Waals surface area contributed by atoms with E-state index in [-0.39, 0.29) is 17.9 Å². The summed E-state index contributed by atoms with van der Waals surface area (Å²) in [7, 11) is 0. The Kier molecular flexibility index (Phi) is 3.22. The molecule has 4 heterocycles. The van der Waals surface area contributed by atoms with Gasteiger partial charge < -0.3 is 14.4 Å². The number of fused-ring (bicyclic) bond motifs is 6. The maximum Gasteiger partial charge on any atom is 0.334 e. The predicted octanol–water partition coefficient (Wildman–Crippen LogP) is 3.32. The zero-order valence-electron chi connectivity index (χ0n) is 14.6. The molecule has 128 valence electrons. The summed E-state index contributed by atoms with van der Waals surface area (Å²) in [4.78, 5) is 16.5. The molecule has 0 aliphatic carbocycles. The monoisotopic (exact) mass is 601 g/mol. The van der Waals surface area contributed by atoms with E-state index < -0.39 is 5.97 Å². The molecule has 0 bridgehead atoms. The second-order valence-electron chi connectivity index (χ2n) is 7.00. The van der Waals surface area contributed by atoms with E-state index in [9.17, 15) is 9.90 Å². The van der Waals surface area contributed by atoms with Crippen LogP contribution in [0.2, 0.25) is 0 Å². The molecule has 5 nitrogen and oxygen atoms in total. The van der Waals surface area contributed by atoms with E-state index in [2.05, 4.69) is 22.9 Å². The summed E-state index contributed by atoms with van der Waals surface area (Å²) in [5.74, 6) is -0.759. The van der Waals surface area contributed by atoms with Crippen LogP contribution < -0.4 is 0 Å². The van der Waals surface area contributed by atoms with E-state index in [0.29, 0.717) is 12.0 Å². The Bertz CT molecular complexity index is 1010. The van der Waals surface area contributed by atoms with Crippen LogP contribution in [0.3, 0.4) is 0 Å². The van der Waals surface area contributed by atoms with Gasteiger partial charge in [-0.05, 0) is 25.5 Å². The van der Waals surface area contributed by atoms with E-state index in [0.717, 1.165) is 34.4 Å². The van der Waals surface area contributed by atoms with Crippen molar-refractivity contribution in [2.75, 3.05) is 0 Å². The van der Waals surface area contributed by atoms with Gasteiger partial charge in [-0.15, -0.1) is 0 Å². The first-order valence-electron chi connectivity index (χ1n) is 8.59. The van der Waals surface area contributed by atoms with Crippen LogP contribution in [0, 0.1) is 11.8 Å². The van der Waals surface area contributed by atoms with Crippen molar-refractivity contribution in [3.8, 4) is 11.3 Å². The van der Waals surface area contributed by atoms with Crippen molar-refractivity contribution in [3.05, 3.63) is 54.1 Å². The van der Waals surface area contributed by atoms with Crippen molar-refractivity contribution >= 4 is 16.9 Å². The van der Waals surface area contributed by atoms with Crippen LogP contribution in [0.1, 0.15) is 12.6 Å². The average Bonchev–Trinajstić information content (AvgIpc) is 3.00. The third-order valence-corrected chi connectivity index (χ3v) is 5.72. The second-order valence-corrected chi connectivity index (χ2v) is 7.00. The summed E-state index contributed by atoms with van der Waals surface area (Å²) in [6.07, 6.45) is 4.24. The van der Waals surface area contributed by atoms with Gasteiger partial charge in [0, 0.05) is 41.2 Å². The Balaban J connectivity index is 0.00000168. The van der Waals surface area contributed by atoms with Crippen molar-refractivity contribution in [1.29, 1.82) is 0 Å². The van der Waals surface area contributed by atoms with E-state index >= 15 is 0 Å². The Morgan fingerprint density at radius 2 is 2.12 bits per heavy atom. The van der Waals surface area contributed by atoms with Crippen LogP contribution in [0.4, 0.5) is 0 Å². The maximum atomic E-state index is 11.7. The van der Waals surface area contributed by atoms with Crippen LogP contribution in [-0.4, -0.2) is 26.7 Å². The molecule has 0 radical (unpaired) electrons. The van der Waals surface area contributed by atoms with Gasteiger partial charge in [-0.1, -0.05) is 18.2 Å². The van der Waals surface area contributed by atoms with E-state index in [4.69, 9.17) is 9.72 Å². The molecule has 0 fully saturated rings. The Labute approximate surface area is 144 Å². The number of carboxylic acid groups (broad SMARTS) is 1. The number of carbonyl (C=O) groups is 1. The molecule has 4 aliphatic rings. The van der Waals surface area contributed by atoms with Crippen LogP contribution in [0.5, 0.6) is 0 Å². The molecule has 1 N–H and O–H groups in total. The zero-order valence-corrected chi connectivity index (χ0v) is 21.0. The smallest absolute Gasteiger partial charge is 0.334 e. The number of pyridine rings is 1. The first-order valence-corrected chi connectivity index (χ1v) is 8.59. The van der Waals surface area contributed by atoms with E-state index in [1.54, 1.807) is 0 Å². The number of hydrogen-bond acceptors (Lipinski definition) is 3. The average molecular weight is 601 g/mol. The summed E-state index contributed by atoms with van der Waals surface area (Å²) in [6, 6.07) is 10.3. The summed E-state index contributed by atoms with van der Waals surface area (Å²) in [5, 5.41) is 10.7. The molecule has 26 heavy (non-hydrogen) atoms. The fraction of sp³-hybridized carbons (Fsp3) is 0.300. The first kappa shape index (κ1) is 15.7. The van der Waals surface area contributed by atoms with Crippen molar-refractivity contribution < 1.29 is 14.6 Å². The molecular weight excluding hydrogens is 583 g/mol. The van der Waals surface area contributed by atoms with Crippen LogP contribution in [-0.2, 0) is 22.5 Å². The first-order chi connectivity index (χ1) is 12.1. The van der Waals surface area contributed by atoms with Gasteiger partial charge in [-0.3, -0.25) is 0 Å². The van der Waals surface area contributed by atoms with Gasteiger partial charge in [0.15, 0.2) is 0 Å². The number of benzene rings is 1. The largest absolute Gasteiger partial charge is 0.497 e. The number of ether oxygens (including phenoxy) is 1. The molecule has 0 spiro atoms. The molecule has 0 aromatic heterocycles. The number of aliphatic carboxylic acids is 1. The maximum absolute atomic E-state index is 11.7. The number of rotatable bonds is 1. The van der Waals surface area contributed by atoms with E-state index in [1.165, 1.54) is 6.26 Å². The van der Waals surface area contributed by atoms with Crippen molar-refractivity contribution in [2.24, 2.45) is 11.8 Å². The SMILES string of the molecule is CC1OC=C(C(=O)O)C2Cc3c4nc5ccccc5c-4ccn3CC12.[Rf]. The molecule has 5 rings (SSSR count). The molecule has 3 unspecified atom stereocenters. The standard InChI is InChI=1S/C20H18N2O3.Rf/c1-11-15-9-22-7-6-13-12-4-2-3-5-17(12)21-19(13)18(22)8-14(15)16(10-25-11)20(23)24;/h2-7,10-11,14-15H,8-9H2,1H3,(H,23,24);. The third kappa shape index (κ3) is 1.98. The molecule has 1 aromatic rings. The summed E-state index contributed by atoms with van der Waals surface area (Å²) in [5.41, 5.74) is 4.62. The van der Waals surface area contributed by atoms with Crippen LogP contribution in [0.15, 0.2) is 48.4 Å². The molecule has 1 aromatic carbocycles. The molecule has 6 heteroatoms. The summed E-state index contributed by atoms with van der Waals surface area (Å²) < 4.78 is 7.82. The number of nitrogens with zero attached hydrogens (tertiary/aromatic N) is 2. The predicted molar refractivity (Wildman–Crippen MR) is 93.3 cm³/mol. The van der Waals surface area contributed by atoms with Crippen LogP contribution >= 0.6 is 0 Å².